The van der Waals surface area contributed by atoms with Crippen LogP contribution in [0.4, 0.5) is 4.39 Å². The number of ether oxygens (including phenoxy) is 1. The fraction of sp³-hybridized carbons (Fsp3) is 0.238. The number of halogens is 1. The van der Waals surface area contributed by atoms with Crippen molar-refractivity contribution in [1.82, 2.24) is 15.1 Å². The molecule has 0 saturated heterocycles. The average Bonchev–Trinajstić information content (AvgIpc) is 3.14. The molecule has 0 spiro atoms. The Bertz CT molecular complexity index is 919. The molecule has 1 N–H and O–H groups in total. The van der Waals surface area contributed by atoms with Gasteiger partial charge in [0.05, 0.1) is 18.5 Å². The summed E-state index contributed by atoms with van der Waals surface area (Å²) in [5, 5.41) is 7.49. The second-order valence-corrected chi connectivity index (χ2v) is 6.14. The fourth-order valence-electron chi connectivity index (χ4n) is 2.71. The Kier molecular flexibility index (Phi) is 5.86. The minimum absolute atomic E-state index is 0.213. The SMILES string of the molecule is CCCCNC(=O)c1cc(-c2cccc(OC)c2)nn1-c1ccc(F)cc1. The molecule has 27 heavy (non-hydrogen) atoms. The number of aromatic nitrogens is 2. The van der Waals surface area contributed by atoms with E-state index >= 15 is 0 Å². The van der Waals surface area contributed by atoms with Crippen molar-refractivity contribution in [2.45, 2.75) is 19.8 Å². The van der Waals surface area contributed by atoms with Gasteiger partial charge in [-0.1, -0.05) is 25.5 Å². The van der Waals surface area contributed by atoms with E-state index in [-0.39, 0.29) is 11.7 Å². The molecular weight excluding hydrogens is 345 g/mol. The van der Waals surface area contributed by atoms with E-state index in [1.54, 1.807) is 25.3 Å². The van der Waals surface area contributed by atoms with Crippen LogP contribution in [0.15, 0.2) is 54.6 Å². The van der Waals surface area contributed by atoms with Crippen molar-refractivity contribution in [3.63, 3.8) is 0 Å². The molecule has 6 heteroatoms. The van der Waals surface area contributed by atoms with Crippen molar-refractivity contribution < 1.29 is 13.9 Å². The standard InChI is InChI=1S/C21H22FN3O2/c1-3-4-12-23-21(26)20-14-19(15-6-5-7-18(13-15)27-2)24-25(20)17-10-8-16(22)9-11-17/h5-11,13-14H,3-4,12H2,1-2H3,(H,23,26). The van der Waals surface area contributed by atoms with E-state index < -0.39 is 0 Å². The average molecular weight is 367 g/mol. The first-order valence-corrected chi connectivity index (χ1v) is 8.91. The summed E-state index contributed by atoms with van der Waals surface area (Å²) >= 11 is 0. The van der Waals surface area contributed by atoms with Crippen LogP contribution in [0.25, 0.3) is 16.9 Å². The van der Waals surface area contributed by atoms with Crippen LogP contribution in [-0.2, 0) is 0 Å². The highest BCUT2D eigenvalue weighted by atomic mass is 19.1. The van der Waals surface area contributed by atoms with Gasteiger partial charge in [-0.15, -0.1) is 0 Å². The number of methoxy groups -OCH3 is 1. The fourth-order valence-corrected chi connectivity index (χ4v) is 2.71. The third kappa shape index (κ3) is 4.34. The van der Waals surface area contributed by atoms with Gasteiger partial charge in [-0.3, -0.25) is 4.79 Å². The number of carbonyl (C=O) groups excluding carboxylic acids is 1. The summed E-state index contributed by atoms with van der Waals surface area (Å²) in [4.78, 5) is 12.7. The molecule has 0 unspecified atom stereocenters. The Balaban J connectivity index is 2.02. The van der Waals surface area contributed by atoms with E-state index in [2.05, 4.69) is 17.3 Å². The summed E-state index contributed by atoms with van der Waals surface area (Å²) in [5.74, 6) is 0.153. The van der Waals surface area contributed by atoms with Gasteiger partial charge >= 0.3 is 0 Å². The first kappa shape index (κ1) is 18.6. The van der Waals surface area contributed by atoms with Crippen LogP contribution < -0.4 is 10.1 Å². The lowest BCUT2D eigenvalue weighted by atomic mass is 10.1. The van der Waals surface area contributed by atoms with Gasteiger partial charge in [-0.05, 0) is 48.9 Å². The van der Waals surface area contributed by atoms with Gasteiger partial charge in [0, 0.05) is 12.1 Å². The second-order valence-electron chi connectivity index (χ2n) is 6.14. The van der Waals surface area contributed by atoms with Crippen molar-refractivity contribution in [2.75, 3.05) is 13.7 Å². The summed E-state index contributed by atoms with van der Waals surface area (Å²) in [7, 11) is 1.60. The van der Waals surface area contributed by atoms with E-state index in [1.165, 1.54) is 16.8 Å². The van der Waals surface area contributed by atoms with Crippen LogP contribution in [0.1, 0.15) is 30.3 Å². The maximum absolute atomic E-state index is 13.3. The van der Waals surface area contributed by atoms with Crippen molar-refractivity contribution in [1.29, 1.82) is 0 Å². The predicted molar refractivity (Wildman–Crippen MR) is 103 cm³/mol. The Hall–Kier alpha value is -3.15. The van der Waals surface area contributed by atoms with Crippen LogP contribution in [0.3, 0.4) is 0 Å². The van der Waals surface area contributed by atoms with Crippen LogP contribution in [0.5, 0.6) is 5.75 Å². The summed E-state index contributed by atoms with van der Waals surface area (Å²) in [6.45, 7) is 2.66. The quantitative estimate of drug-likeness (QED) is 0.636. The molecule has 3 rings (SSSR count). The monoisotopic (exact) mass is 367 g/mol. The molecule has 2 aromatic carbocycles. The number of hydrogen-bond donors (Lipinski definition) is 1. The van der Waals surface area contributed by atoms with Crippen molar-refractivity contribution in [2.24, 2.45) is 0 Å². The number of unbranched alkanes of at least 4 members (excludes halogenated alkanes) is 1. The van der Waals surface area contributed by atoms with E-state index in [1.807, 2.05) is 24.3 Å². The molecule has 3 aromatic rings. The Morgan fingerprint density at radius 3 is 2.67 bits per heavy atom. The van der Waals surface area contributed by atoms with Crippen molar-refractivity contribution in [3.05, 3.63) is 66.1 Å². The minimum atomic E-state index is -0.340. The molecule has 1 heterocycles. The minimum Gasteiger partial charge on any atom is -0.497 e. The van der Waals surface area contributed by atoms with Crippen molar-refractivity contribution >= 4 is 5.91 Å². The van der Waals surface area contributed by atoms with Crippen LogP contribution >= 0.6 is 0 Å². The number of nitrogens with one attached hydrogen (secondary N) is 1. The van der Waals surface area contributed by atoms with Gasteiger partial charge in [0.1, 0.15) is 17.3 Å². The Labute approximate surface area is 157 Å². The van der Waals surface area contributed by atoms with Gasteiger partial charge in [0.15, 0.2) is 0 Å². The van der Waals surface area contributed by atoms with Gasteiger partial charge in [-0.25, -0.2) is 9.07 Å². The molecule has 0 fully saturated rings. The largest absolute Gasteiger partial charge is 0.497 e. The van der Waals surface area contributed by atoms with Gasteiger partial charge < -0.3 is 10.1 Å². The first-order chi connectivity index (χ1) is 13.1. The summed E-state index contributed by atoms with van der Waals surface area (Å²) < 4.78 is 20.1. The Morgan fingerprint density at radius 2 is 1.96 bits per heavy atom. The lowest BCUT2D eigenvalue weighted by Crippen LogP contribution is -2.26. The number of nitrogens with zero attached hydrogens (tertiary/aromatic N) is 2. The zero-order valence-corrected chi connectivity index (χ0v) is 15.4. The number of amides is 1. The molecular formula is C21H22FN3O2. The molecule has 1 aromatic heterocycles. The zero-order valence-electron chi connectivity index (χ0n) is 15.4. The lowest BCUT2D eigenvalue weighted by Gasteiger charge is -2.08. The molecule has 0 aliphatic carbocycles. The van der Waals surface area contributed by atoms with Crippen LogP contribution in [0.2, 0.25) is 0 Å². The highest BCUT2D eigenvalue weighted by Crippen LogP contribution is 2.25. The molecule has 0 saturated carbocycles. The molecule has 0 aliphatic heterocycles. The third-order valence-corrected chi connectivity index (χ3v) is 4.19. The second kappa shape index (κ2) is 8.49. The molecule has 140 valence electrons. The third-order valence-electron chi connectivity index (χ3n) is 4.19. The van der Waals surface area contributed by atoms with Gasteiger partial charge in [-0.2, -0.15) is 5.10 Å². The maximum Gasteiger partial charge on any atom is 0.270 e. The van der Waals surface area contributed by atoms with Crippen LogP contribution in [0, 0.1) is 5.82 Å². The van der Waals surface area contributed by atoms with Gasteiger partial charge in [0.25, 0.3) is 5.91 Å². The smallest absolute Gasteiger partial charge is 0.270 e. The molecule has 5 nitrogen and oxygen atoms in total. The molecule has 1 amide bonds. The van der Waals surface area contributed by atoms with Crippen molar-refractivity contribution in [3.8, 4) is 22.7 Å². The lowest BCUT2D eigenvalue weighted by molar-refractivity contribution is 0.0945. The molecule has 0 aliphatic rings. The predicted octanol–water partition coefficient (Wildman–Crippen LogP) is 4.22. The molecule has 0 bridgehead atoms. The zero-order chi connectivity index (χ0) is 19.2. The van der Waals surface area contributed by atoms with E-state index in [9.17, 15) is 9.18 Å². The maximum atomic E-state index is 13.3. The number of carbonyl (C=O) groups is 1. The normalized spacial score (nSPS) is 10.6. The molecule has 0 radical (unpaired) electrons. The summed E-state index contributed by atoms with van der Waals surface area (Å²) in [6, 6.07) is 15.1. The number of rotatable bonds is 7. The van der Waals surface area contributed by atoms with E-state index in [0.29, 0.717) is 29.4 Å². The van der Waals surface area contributed by atoms with E-state index in [0.717, 1.165) is 18.4 Å². The van der Waals surface area contributed by atoms with Gasteiger partial charge in [0.2, 0.25) is 0 Å². The van der Waals surface area contributed by atoms with Crippen LogP contribution in [-0.4, -0.2) is 29.3 Å². The first-order valence-electron chi connectivity index (χ1n) is 8.91. The van der Waals surface area contributed by atoms with E-state index in [4.69, 9.17) is 4.74 Å². The number of hydrogen-bond acceptors (Lipinski definition) is 3. The summed E-state index contributed by atoms with van der Waals surface area (Å²) in [5.41, 5.74) is 2.48. The number of benzene rings is 2. The Morgan fingerprint density at radius 1 is 1.19 bits per heavy atom. The highest BCUT2D eigenvalue weighted by Gasteiger charge is 2.17. The topological polar surface area (TPSA) is 56.1 Å². The summed E-state index contributed by atoms with van der Waals surface area (Å²) in [6.07, 6.45) is 1.89. The molecule has 0 atom stereocenters. The highest BCUT2D eigenvalue weighted by molar-refractivity contribution is 5.94.